The summed E-state index contributed by atoms with van der Waals surface area (Å²) in [7, 11) is 1.78. The number of oxime groups is 1. The quantitative estimate of drug-likeness (QED) is 0.345. The smallest absolute Gasteiger partial charge is 0.235 e. The van der Waals surface area contributed by atoms with Crippen LogP contribution in [0.4, 0.5) is 0 Å². The Morgan fingerprint density at radius 2 is 2.35 bits per heavy atom. The van der Waals surface area contributed by atoms with Crippen molar-refractivity contribution in [1.29, 1.82) is 0 Å². The predicted octanol–water partition coefficient (Wildman–Crippen LogP) is 1.26. The van der Waals surface area contributed by atoms with Gasteiger partial charge < -0.3 is 15.8 Å². The average molecular weight is 259 g/mol. The molecule has 2 atom stereocenters. The molecule has 0 bridgehead atoms. The van der Waals surface area contributed by atoms with Crippen LogP contribution in [0.2, 0.25) is 0 Å². The molecule has 2 unspecified atom stereocenters. The third-order valence-corrected chi connectivity index (χ3v) is 4.46. The summed E-state index contributed by atoms with van der Waals surface area (Å²) in [5.74, 6) is 1.39. The number of nitrogens with two attached hydrogens (primary N) is 1. The molecule has 3 N–H and O–H groups in total. The summed E-state index contributed by atoms with van der Waals surface area (Å²) in [4.78, 5) is 13.9. The van der Waals surface area contributed by atoms with Gasteiger partial charge in [-0.05, 0) is 25.5 Å². The zero-order valence-electron chi connectivity index (χ0n) is 10.4. The molecule has 1 fully saturated rings. The number of nitrogens with zero attached hydrogens (tertiary/aromatic N) is 2. The lowest BCUT2D eigenvalue weighted by molar-refractivity contribution is -0.131. The largest absolute Gasteiger partial charge is 0.409 e. The number of amidine groups is 1. The first kappa shape index (κ1) is 14.2. The standard InChI is InChI=1S/C11H21N3O2S/c1-8(7-10(12)13-16)14(2)11(15)9-5-3-4-6-17-9/h8-9,16H,3-7H2,1-2H3,(H2,12,13). The van der Waals surface area contributed by atoms with Crippen molar-refractivity contribution in [2.45, 2.75) is 43.9 Å². The van der Waals surface area contributed by atoms with Crippen molar-refractivity contribution in [1.82, 2.24) is 4.90 Å². The summed E-state index contributed by atoms with van der Waals surface area (Å²) in [6.45, 7) is 1.91. The third kappa shape index (κ3) is 4.11. The molecule has 0 spiro atoms. The number of carbonyl (C=O) groups is 1. The average Bonchev–Trinajstić information content (AvgIpc) is 2.37. The van der Waals surface area contributed by atoms with Crippen molar-refractivity contribution in [3.05, 3.63) is 0 Å². The van der Waals surface area contributed by atoms with Gasteiger partial charge in [-0.2, -0.15) is 0 Å². The number of hydrogen-bond acceptors (Lipinski definition) is 4. The van der Waals surface area contributed by atoms with Gasteiger partial charge in [0, 0.05) is 19.5 Å². The number of thioether (sulfide) groups is 1. The van der Waals surface area contributed by atoms with Crippen LogP contribution in [0.15, 0.2) is 5.16 Å². The van der Waals surface area contributed by atoms with E-state index in [0.29, 0.717) is 6.42 Å². The minimum atomic E-state index is -0.0408. The molecule has 0 radical (unpaired) electrons. The van der Waals surface area contributed by atoms with Gasteiger partial charge in [0.25, 0.3) is 0 Å². The second-order valence-electron chi connectivity index (χ2n) is 4.45. The van der Waals surface area contributed by atoms with E-state index in [4.69, 9.17) is 10.9 Å². The number of amides is 1. The Bertz CT molecular complexity index is 290. The van der Waals surface area contributed by atoms with Gasteiger partial charge in [0.2, 0.25) is 5.91 Å². The lowest BCUT2D eigenvalue weighted by atomic mass is 10.1. The van der Waals surface area contributed by atoms with Gasteiger partial charge >= 0.3 is 0 Å². The molecule has 0 saturated carbocycles. The van der Waals surface area contributed by atoms with Crippen molar-refractivity contribution < 1.29 is 10.0 Å². The van der Waals surface area contributed by atoms with Crippen LogP contribution in [0, 0.1) is 0 Å². The Balaban J connectivity index is 2.49. The first-order valence-electron chi connectivity index (χ1n) is 5.91. The number of carbonyl (C=O) groups excluding carboxylic acids is 1. The molecular formula is C11H21N3O2S. The summed E-state index contributed by atoms with van der Waals surface area (Å²) in [6.07, 6.45) is 3.70. The van der Waals surface area contributed by atoms with E-state index >= 15 is 0 Å². The fourth-order valence-electron chi connectivity index (χ4n) is 1.86. The van der Waals surface area contributed by atoms with Gasteiger partial charge in [0.05, 0.1) is 5.25 Å². The Morgan fingerprint density at radius 1 is 1.65 bits per heavy atom. The maximum absolute atomic E-state index is 12.2. The van der Waals surface area contributed by atoms with Gasteiger partial charge in [0.1, 0.15) is 5.84 Å². The zero-order valence-corrected chi connectivity index (χ0v) is 11.2. The van der Waals surface area contributed by atoms with Crippen LogP contribution in [0.5, 0.6) is 0 Å². The molecule has 17 heavy (non-hydrogen) atoms. The van der Waals surface area contributed by atoms with Crippen molar-refractivity contribution in [2.24, 2.45) is 10.9 Å². The highest BCUT2D eigenvalue weighted by Crippen LogP contribution is 2.26. The van der Waals surface area contributed by atoms with E-state index in [1.54, 1.807) is 23.7 Å². The fraction of sp³-hybridized carbons (Fsp3) is 0.818. The Hall–Kier alpha value is -0.910. The molecule has 0 aromatic carbocycles. The normalized spacial score (nSPS) is 23.2. The van der Waals surface area contributed by atoms with Crippen LogP contribution in [0.3, 0.4) is 0 Å². The second-order valence-corrected chi connectivity index (χ2v) is 5.76. The Labute approximate surface area is 106 Å². The van der Waals surface area contributed by atoms with Crippen LogP contribution in [0.25, 0.3) is 0 Å². The van der Waals surface area contributed by atoms with Crippen LogP contribution in [-0.2, 0) is 4.79 Å². The van der Waals surface area contributed by atoms with E-state index in [1.807, 2.05) is 6.92 Å². The van der Waals surface area contributed by atoms with Crippen LogP contribution >= 0.6 is 11.8 Å². The Morgan fingerprint density at radius 3 is 2.88 bits per heavy atom. The van der Waals surface area contributed by atoms with Crippen molar-refractivity contribution in [2.75, 3.05) is 12.8 Å². The number of hydrogen-bond donors (Lipinski definition) is 2. The molecule has 98 valence electrons. The highest BCUT2D eigenvalue weighted by molar-refractivity contribution is 8.00. The first-order valence-corrected chi connectivity index (χ1v) is 6.95. The molecule has 1 aliphatic rings. The summed E-state index contributed by atoms with van der Waals surface area (Å²) in [5, 5.41) is 11.5. The maximum atomic E-state index is 12.2. The van der Waals surface area contributed by atoms with Gasteiger partial charge in [-0.3, -0.25) is 4.79 Å². The summed E-state index contributed by atoms with van der Waals surface area (Å²) < 4.78 is 0. The highest BCUT2D eigenvalue weighted by Gasteiger charge is 2.27. The minimum absolute atomic E-state index is 0.0408. The fourth-order valence-corrected chi connectivity index (χ4v) is 3.16. The van der Waals surface area contributed by atoms with Gasteiger partial charge in [0.15, 0.2) is 0 Å². The second kappa shape index (κ2) is 6.74. The highest BCUT2D eigenvalue weighted by atomic mass is 32.2. The SMILES string of the molecule is CC(CC(N)=NO)N(C)C(=O)C1CCCCS1. The molecular weight excluding hydrogens is 238 g/mol. The Kier molecular flexibility index (Phi) is 5.61. The molecule has 6 heteroatoms. The van der Waals surface area contributed by atoms with Crippen LogP contribution < -0.4 is 5.73 Å². The van der Waals surface area contributed by atoms with Gasteiger partial charge in [-0.15, -0.1) is 11.8 Å². The zero-order chi connectivity index (χ0) is 12.8. The predicted molar refractivity (Wildman–Crippen MR) is 70.4 cm³/mol. The lowest BCUT2D eigenvalue weighted by Crippen LogP contribution is -2.42. The van der Waals surface area contributed by atoms with Crippen molar-refractivity contribution >= 4 is 23.5 Å². The summed E-state index contributed by atoms with van der Waals surface area (Å²) in [6, 6.07) is -0.0408. The van der Waals surface area contributed by atoms with Crippen LogP contribution in [-0.4, -0.2) is 45.9 Å². The lowest BCUT2D eigenvalue weighted by Gasteiger charge is -2.30. The van der Waals surface area contributed by atoms with E-state index in [0.717, 1.165) is 18.6 Å². The molecule has 1 heterocycles. The van der Waals surface area contributed by atoms with E-state index in [-0.39, 0.29) is 23.0 Å². The molecule has 1 amide bonds. The molecule has 0 aromatic heterocycles. The van der Waals surface area contributed by atoms with Crippen molar-refractivity contribution in [3.8, 4) is 0 Å². The molecule has 5 nitrogen and oxygen atoms in total. The van der Waals surface area contributed by atoms with E-state index in [2.05, 4.69) is 5.16 Å². The minimum Gasteiger partial charge on any atom is -0.409 e. The molecule has 1 rings (SSSR count). The monoisotopic (exact) mass is 259 g/mol. The topological polar surface area (TPSA) is 78.9 Å². The van der Waals surface area contributed by atoms with Gasteiger partial charge in [-0.25, -0.2) is 0 Å². The summed E-state index contributed by atoms with van der Waals surface area (Å²) in [5.41, 5.74) is 5.45. The van der Waals surface area contributed by atoms with Gasteiger partial charge in [-0.1, -0.05) is 11.6 Å². The van der Waals surface area contributed by atoms with E-state index in [1.165, 1.54) is 6.42 Å². The van der Waals surface area contributed by atoms with Crippen molar-refractivity contribution in [3.63, 3.8) is 0 Å². The molecule has 0 aromatic rings. The summed E-state index contributed by atoms with van der Waals surface area (Å²) >= 11 is 1.74. The third-order valence-electron chi connectivity index (χ3n) is 3.10. The maximum Gasteiger partial charge on any atom is 0.235 e. The molecule has 1 saturated heterocycles. The number of rotatable bonds is 4. The molecule has 1 aliphatic heterocycles. The first-order chi connectivity index (χ1) is 8.06. The molecule has 0 aliphatic carbocycles. The van der Waals surface area contributed by atoms with Crippen LogP contribution in [0.1, 0.15) is 32.6 Å². The van der Waals surface area contributed by atoms with E-state index in [9.17, 15) is 4.79 Å². The van der Waals surface area contributed by atoms with E-state index < -0.39 is 0 Å².